The second-order valence-electron chi connectivity index (χ2n) is 9.15. The molecule has 0 saturated carbocycles. The number of hydroxylamine groups is 2. The van der Waals surface area contributed by atoms with Gasteiger partial charge in [0.25, 0.3) is 0 Å². The van der Waals surface area contributed by atoms with E-state index in [1.165, 1.54) is 38.3 Å². The minimum atomic E-state index is -0.452. The summed E-state index contributed by atoms with van der Waals surface area (Å²) in [5.74, 6) is -0.612. The van der Waals surface area contributed by atoms with Crippen LogP contribution in [-0.4, -0.2) is 102 Å². The highest BCUT2D eigenvalue weighted by atomic mass is 35.5. The minimum Gasteiger partial charge on any atom is -0.367 e. The Kier molecular flexibility index (Phi) is 17.4. The summed E-state index contributed by atoms with van der Waals surface area (Å²) in [7, 11) is 0. The molecule has 8 nitrogen and oxygen atoms in total. The van der Waals surface area contributed by atoms with Gasteiger partial charge >= 0.3 is 5.97 Å². The lowest BCUT2D eigenvalue weighted by atomic mass is 10.0. The first-order valence-electron chi connectivity index (χ1n) is 12.1. The molecule has 0 spiro atoms. The smallest absolute Gasteiger partial charge is 0.332 e. The molecule has 36 heavy (non-hydrogen) atoms. The van der Waals surface area contributed by atoms with Gasteiger partial charge in [-0.2, -0.15) is 0 Å². The zero-order chi connectivity index (χ0) is 22.3. The number of ketones is 1. The third-order valence-corrected chi connectivity index (χ3v) is 6.76. The first-order chi connectivity index (χ1) is 15.6. The van der Waals surface area contributed by atoms with Crippen LogP contribution in [0.4, 0.5) is 0 Å². The minimum absolute atomic E-state index is 0. The van der Waals surface area contributed by atoms with Crippen molar-refractivity contribution in [2.45, 2.75) is 45.3 Å². The van der Waals surface area contributed by atoms with E-state index in [1.54, 1.807) is 5.06 Å². The number of halogens is 4. The number of hydrazine groups is 1. The van der Waals surface area contributed by atoms with Crippen molar-refractivity contribution in [3.63, 3.8) is 0 Å². The predicted molar refractivity (Wildman–Crippen MR) is 151 cm³/mol. The van der Waals surface area contributed by atoms with Gasteiger partial charge in [0, 0.05) is 58.9 Å². The number of carbonyl (C=O) groups excluding carboxylic acids is 2. The van der Waals surface area contributed by atoms with Gasteiger partial charge in [0.05, 0.1) is 6.17 Å². The fourth-order valence-corrected chi connectivity index (χ4v) is 5.11. The summed E-state index contributed by atoms with van der Waals surface area (Å²) in [6.45, 7) is 10.9. The molecule has 3 aliphatic rings. The maximum absolute atomic E-state index is 11.7. The summed E-state index contributed by atoms with van der Waals surface area (Å²) in [5.41, 5.74) is 1.40. The summed E-state index contributed by atoms with van der Waals surface area (Å²) in [6, 6.07) is 10.8. The van der Waals surface area contributed by atoms with E-state index in [9.17, 15) is 9.59 Å². The molecular formula is C24H41Cl4N5O3. The van der Waals surface area contributed by atoms with Crippen LogP contribution in [0, 0.1) is 0 Å². The van der Waals surface area contributed by atoms with E-state index in [1.807, 2.05) is 0 Å². The number of piperidine rings is 1. The molecule has 0 amide bonds. The van der Waals surface area contributed by atoms with Crippen molar-refractivity contribution >= 4 is 61.4 Å². The fourth-order valence-electron chi connectivity index (χ4n) is 5.11. The van der Waals surface area contributed by atoms with Gasteiger partial charge in [-0.3, -0.25) is 14.6 Å². The lowest BCUT2D eigenvalue weighted by Crippen LogP contribution is -2.62. The maximum Gasteiger partial charge on any atom is 0.332 e. The van der Waals surface area contributed by atoms with E-state index in [2.05, 4.69) is 50.1 Å². The van der Waals surface area contributed by atoms with Gasteiger partial charge in [0.2, 0.25) is 0 Å². The van der Waals surface area contributed by atoms with Crippen molar-refractivity contribution in [1.82, 2.24) is 24.9 Å². The van der Waals surface area contributed by atoms with Crippen LogP contribution in [0.15, 0.2) is 30.3 Å². The van der Waals surface area contributed by atoms with Crippen LogP contribution >= 0.6 is 49.6 Å². The highest BCUT2D eigenvalue weighted by molar-refractivity contribution is 5.93. The van der Waals surface area contributed by atoms with Crippen molar-refractivity contribution < 1.29 is 14.4 Å². The summed E-state index contributed by atoms with van der Waals surface area (Å²) in [6.07, 6.45) is 4.27. The number of likely N-dealkylation sites (tertiary alicyclic amines) is 1. The average molecular weight is 589 g/mol. The van der Waals surface area contributed by atoms with E-state index in [-0.39, 0.29) is 61.8 Å². The molecule has 4 rings (SSSR count). The maximum atomic E-state index is 11.7. The molecule has 1 aromatic rings. The predicted octanol–water partition coefficient (Wildman–Crippen LogP) is 3.27. The SMILES string of the molecule is CC(=O)CC(=O)ON1CCN(N2CCN(C3CCCCN3Cc3ccccc3)CC2)CC1.Cl.Cl.Cl.Cl. The molecule has 3 aliphatic heterocycles. The van der Waals surface area contributed by atoms with Crippen molar-refractivity contribution in [1.29, 1.82) is 0 Å². The van der Waals surface area contributed by atoms with Gasteiger partial charge in [-0.05, 0) is 38.3 Å². The van der Waals surface area contributed by atoms with Crippen molar-refractivity contribution in [2.24, 2.45) is 0 Å². The molecule has 3 heterocycles. The quantitative estimate of drug-likeness (QED) is 0.450. The summed E-state index contributed by atoms with van der Waals surface area (Å²) < 4.78 is 0. The first kappa shape index (κ1) is 35.3. The van der Waals surface area contributed by atoms with E-state index < -0.39 is 5.97 Å². The van der Waals surface area contributed by atoms with E-state index in [4.69, 9.17) is 4.84 Å². The van der Waals surface area contributed by atoms with E-state index >= 15 is 0 Å². The number of hydrogen-bond donors (Lipinski definition) is 0. The summed E-state index contributed by atoms with van der Waals surface area (Å²) in [5, 5.41) is 6.56. The van der Waals surface area contributed by atoms with Crippen LogP contribution in [-0.2, 0) is 21.0 Å². The van der Waals surface area contributed by atoms with Gasteiger partial charge in [-0.1, -0.05) is 30.3 Å². The lowest BCUT2D eigenvalue weighted by molar-refractivity contribution is -0.209. The molecule has 0 radical (unpaired) electrons. The van der Waals surface area contributed by atoms with Crippen molar-refractivity contribution in [2.75, 3.05) is 58.9 Å². The molecule has 0 aromatic heterocycles. The molecule has 0 N–H and O–H groups in total. The molecule has 3 fully saturated rings. The Morgan fingerprint density at radius 1 is 0.806 bits per heavy atom. The standard InChI is InChI=1S/C24H37N5O3.4ClH/c1-21(30)19-24(31)32-29-17-15-28(16-18-29)27-13-11-25(12-14-27)23-9-5-6-10-26(23)20-22-7-3-2-4-8-22;;;;/h2-4,7-8,23H,5-6,9-20H2,1H3;4*1H. The number of benzene rings is 1. The summed E-state index contributed by atoms with van der Waals surface area (Å²) >= 11 is 0. The monoisotopic (exact) mass is 587 g/mol. The van der Waals surface area contributed by atoms with Crippen LogP contribution in [0.3, 0.4) is 0 Å². The first-order valence-corrected chi connectivity index (χ1v) is 12.1. The highest BCUT2D eigenvalue weighted by Crippen LogP contribution is 2.24. The highest BCUT2D eigenvalue weighted by Gasteiger charge is 2.32. The second kappa shape index (κ2) is 17.8. The van der Waals surface area contributed by atoms with Crippen LogP contribution in [0.2, 0.25) is 0 Å². The van der Waals surface area contributed by atoms with Gasteiger partial charge in [-0.15, -0.1) is 54.7 Å². The normalized spacial score (nSPS) is 22.2. The fraction of sp³-hybridized carbons (Fsp3) is 0.667. The molecule has 0 bridgehead atoms. The Hall–Kier alpha value is -0.680. The van der Waals surface area contributed by atoms with Crippen LogP contribution < -0.4 is 0 Å². The largest absolute Gasteiger partial charge is 0.367 e. The van der Waals surface area contributed by atoms with Gasteiger partial charge in [-0.25, -0.2) is 14.8 Å². The third kappa shape index (κ3) is 10.2. The molecule has 12 heteroatoms. The van der Waals surface area contributed by atoms with Gasteiger partial charge in [0.15, 0.2) is 0 Å². The van der Waals surface area contributed by atoms with E-state index in [0.717, 1.165) is 45.8 Å². The number of nitrogens with zero attached hydrogens (tertiary/aromatic N) is 5. The zero-order valence-electron chi connectivity index (χ0n) is 21.0. The number of carbonyl (C=O) groups is 2. The van der Waals surface area contributed by atoms with Crippen LogP contribution in [0.5, 0.6) is 0 Å². The molecule has 1 aromatic carbocycles. The lowest BCUT2D eigenvalue weighted by Gasteiger charge is -2.48. The number of Topliss-reactive ketones (excluding diaryl/α,β-unsaturated/α-hetero) is 1. The zero-order valence-corrected chi connectivity index (χ0v) is 24.2. The van der Waals surface area contributed by atoms with E-state index in [0.29, 0.717) is 19.3 Å². The molecule has 208 valence electrons. The second-order valence-corrected chi connectivity index (χ2v) is 9.15. The Labute approximate surface area is 240 Å². The Balaban J connectivity index is 0.00000306. The average Bonchev–Trinajstić information content (AvgIpc) is 2.80. The molecule has 3 saturated heterocycles. The Morgan fingerprint density at radius 2 is 1.39 bits per heavy atom. The number of rotatable bonds is 7. The van der Waals surface area contributed by atoms with Gasteiger partial charge in [0.1, 0.15) is 12.2 Å². The third-order valence-electron chi connectivity index (χ3n) is 6.76. The Morgan fingerprint density at radius 3 is 1.97 bits per heavy atom. The topological polar surface area (TPSA) is 59.6 Å². The number of hydrogen-bond acceptors (Lipinski definition) is 8. The van der Waals surface area contributed by atoms with Crippen molar-refractivity contribution in [3.8, 4) is 0 Å². The number of piperazine rings is 2. The molecular weight excluding hydrogens is 548 g/mol. The van der Waals surface area contributed by atoms with Crippen LogP contribution in [0.25, 0.3) is 0 Å². The van der Waals surface area contributed by atoms with Crippen molar-refractivity contribution in [3.05, 3.63) is 35.9 Å². The van der Waals surface area contributed by atoms with Gasteiger partial charge < -0.3 is 4.84 Å². The molecule has 0 aliphatic carbocycles. The molecule has 1 unspecified atom stereocenters. The van der Waals surface area contributed by atoms with Crippen LogP contribution in [0.1, 0.15) is 38.2 Å². The summed E-state index contributed by atoms with van der Waals surface area (Å²) in [4.78, 5) is 33.4. The Bertz CT molecular complexity index is 763. The molecule has 1 atom stereocenters.